The van der Waals surface area contributed by atoms with Crippen molar-refractivity contribution in [3.63, 3.8) is 0 Å². The van der Waals surface area contributed by atoms with Gasteiger partial charge in [0, 0.05) is 26.2 Å². The molecule has 108 valence electrons. The van der Waals surface area contributed by atoms with Gasteiger partial charge in [0.1, 0.15) is 0 Å². The summed E-state index contributed by atoms with van der Waals surface area (Å²) < 4.78 is 10.8. The minimum atomic E-state index is -0.333. The maximum atomic E-state index is 12.1. The van der Waals surface area contributed by atoms with Crippen LogP contribution in [0.3, 0.4) is 0 Å². The maximum Gasteiger partial charge on any atom is 0.233 e. The smallest absolute Gasteiger partial charge is 0.233 e. The molecule has 2 unspecified atom stereocenters. The molecule has 2 amide bonds. The molecule has 0 N–H and O–H groups in total. The predicted octanol–water partition coefficient (Wildman–Crippen LogP) is 1.42. The summed E-state index contributed by atoms with van der Waals surface area (Å²) in [6.07, 6.45) is 0.208. The Balaban J connectivity index is 1.88. The van der Waals surface area contributed by atoms with Crippen LogP contribution in [0.4, 0.5) is 0 Å². The SMILES string of the molecule is CCOC(CCN1C(=O)C2C(C1=O)C2(C)C)OCC. The first-order valence-corrected chi connectivity index (χ1v) is 7.03. The lowest BCUT2D eigenvalue weighted by molar-refractivity contribution is -0.152. The van der Waals surface area contributed by atoms with E-state index in [0.29, 0.717) is 26.2 Å². The minimum Gasteiger partial charge on any atom is -0.353 e. The van der Waals surface area contributed by atoms with Gasteiger partial charge in [0.15, 0.2) is 6.29 Å². The molecule has 2 rings (SSSR count). The van der Waals surface area contributed by atoms with Gasteiger partial charge in [0.05, 0.1) is 11.8 Å². The van der Waals surface area contributed by atoms with Crippen molar-refractivity contribution in [2.75, 3.05) is 19.8 Å². The van der Waals surface area contributed by atoms with E-state index in [1.165, 1.54) is 4.90 Å². The van der Waals surface area contributed by atoms with Crippen molar-refractivity contribution in [2.24, 2.45) is 17.3 Å². The van der Waals surface area contributed by atoms with Crippen LogP contribution >= 0.6 is 0 Å². The largest absolute Gasteiger partial charge is 0.353 e. The number of carbonyl (C=O) groups excluding carboxylic acids is 2. The summed E-state index contributed by atoms with van der Waals surface area (Å²) in [5.74, 6) is -0.242. The van der Waals surface area contributed by atoms with Gasteiger partial charge in [0.25, 0.3) is 0 Å². The van der Waals surface area contributed by atoms with Crippen LogP contribution in [0, 0.1) is 17.3 Å². The highest BCUT2D eigenvalue weighted by atomic mass is 16.7. The molecule has 0 aromatic heterocycles. The minimum absolute atomic E-state index is 0.0215. The number of amides is 2. The van der Waals surface area contributed by atoms with E-state index in [0.717, 1.165) is 0 Å². The van der Waals surface area contributed by atoms with E-state index in [1.807, 2.05) is 27.7 Å². The van der Waals surface area contributed by atoms with Gasteiger partial charge < -0.3 is 9.47 Å². The molecule has 1 aliphatic heterocycles. The molecule has 0 spiro atoms. The fourth-order valence-electron chi connectivity index (χ4n) is 3.05. The first kappa shape index (κ1) is 14.5. The predicted molar refractivity (Wildman–Crippen MR) is 69.1 cm³/mol. The number of nitrogens with zero attached hydrogens (tertiary/aromatic N) is 1. The van der Waals surface area contributed by atoms with Crippen LogP contribution in [-0.2, 0) is 19.1 Å². The van der Waals surface area contributed by atoms with Gasteiger partial charge in [-0.1, -0.05) is 13.8 Å². The Morgan fingerprint density at radius 1 is 1.11 bits per heavy atom. The second-order valence-corrected chi connectivity index (χ2v) is 5.73. The van der Waals surface area contributed by atoms with E-state index in [2.05, 4.69) is 0 Å². The van der Waals surface area contributed by atoms with Gasteiger partial charge in [-0.05, 0) is 19.3 Å². The number of hydrogen-bond donors (Lipinski definition) is 0. The summed E-state index contributed by atoms with van der Waals surface area (Å²) in [5, 5.41) is 0. The summed E-state index contributed by atoms with van der Waals surface area (Å²) in [6, 6.07) is 0. The first-order chi connectivity index (χ1) is 8.95. The fraction of sp³-hybridized carbons (Fsp3) is 0.857. The fourth-order valence-corrected chi connectivity index (χ4v) is 3.05. The normalized spacial score (nSPS) is 28.2. The van der Waals surface area contributed by atoms with Crippen LogP contribution in [0.15, 0.2) is 0 Å². The zero-order valence-corrected chi connectivity index (χ0v) is 12.1. The van der Waals surface area contributed by atoms with Gasteiger partial charge in [-0.25, -0.2) is 0 Å². The number of fused-ring (bicyclic) bond motifs is 1. The van der Waals surface area contributed by atoms with Gasteiger partial charge in [-0.3, -0.25) is 14.5 Å². The highest BCUT2D eigenvalue weighted by Gasteiger charge is 2.72. The summed E-state index contributed by atoms with van der Waals surface area (Å²) in [7, 11) is 0. The van der Waals surface area contributed by atoms with Crippen molar-refractivity contribution in [3.8, 4) is 0 Å². The number of likely N-dealkylation sites (tertiary alicyclic amines) is 1. The lowest BCUT2D eigenvalue weighted by atomic mass is 10.1. The summed E-state index contributed by atoms with van der Waals surface area (Å²) in [5.41, 5.74) is -0.135. The Morgan fingerprint density at radius 3 is 2.00 bits per heavy atom. The topological polar surface area (TPSA) is 55.8 Å². The zero-order chi connectivity index (χ0) is 14.2. The first-order valence-electron chi connectivity index (χ1n) is 7.03. The molecule has 1 saturated heterocycles. The summed E-state index contributed by atoms with van der Waals surface area (Å²) in [4.78, 5) is 25.6. The van der Waals surface area contributed by atoms with Crippen LogP contribution < -0.4 is 0 Å². The third-order valence-electron chi connectivity index (χ3n) is 4.19. The van der Waals surface area contributed by atoms with Crippen LogP contribution in [-0.4, -0.2) is 42.8 Å². The van der Waals surface area contributed by atoms with Crippen LogP contribution in [0.5, 0.6) is 0 Å². The molecule has 0 aromatic carbocycles. The van der Waals surface area contributed by atoms with Crippen LogP contribution in [0.1, 0.15) is 34.1 Å². The van der Waals surface area contributed by atoms with Crippen molar-refractivity contribution in [1.82, 2.24) is 4.90 Å². The average molecular weight is 269 g/mol. The number of carbonyl (C=O) groups is 2. The molecule has 0 bridgehead atoms. The van der Waals surface area contributed by atoms with Gasteiger partial charge in [0.2, 0.25) is 11.8 Å². The molecular formula is C14H23NO4. The van der Waals surface area contributed by atoms with E-state index < -0.39 is 0 Å². The Bertz CT molecular complexity index is 350. The van der Waals surface area contributed by atoms with Gasteiger partial charge in [-0.2, -0.15) is 0 Å². The van der Waals surface area contributed by atoms with E-state index >= 15 is 0 Å². The quantitative estimate of drug-likeness (QED) is 0.518. The molecule has 1 aliphatic carbocycles. The number of rotatable bonds is 7. The molecule has 0 radical (unpaired) electrons. The molecule has 5 nitrogen and oxygen atoms in total. The van der Waals surface area contributed by atoms with Crippen molar-refractivity contribution >= 4 is 11.8 Å². The third-order valence-corrected chi connectivity index (χ3v) is 4.19. The van der Waals surface area contributed by atoms with E-state index in [-0.39, 0.29) is 35.4 Å². The lowest BCUT2D eigenvalue weighted by Crippen LogP contribution is -2.38. The van der Waals surface area contributed by atoms with Gasteiger partial charge in [-0.15, -0.1) is 0 Å². The summed E-state index contributed by atoms with van der Waals surface area (Å²) >= 11 is 0. The molecule has 1 saturated carbocycles. The summed E-state index contributed by atoms with van der Waals surface area (Å²) in [6.45, 7) is 9.28. The zero-order valence-electron chi connectivity index (χ0n) is 12.1. The lowest BCUT2D eigenvalue weighted by Gasteiger charge is -2.23. The second kappa shape index (κ2) is 5.21. The van der Waals surface area contributed by atoms with E-state index in [9.17, 15) is 9.59 Å². The van der Waals surface area contributed by atoms with Crippen molar-refractivity contribution < 1.29 is 19.1 Å². The third kappa shape index (κ3) is 2.41. The standard InChI is InChI=1S/C14H23NO4/c1-5-18-9(19-6-2)7-8-15-12(16)10-11(13(15)17)14(10,3)4/h9-11H,5-8H2,1-4H3. The van der Waals surface area contributed by atoms with Crippen molar-refractivity contribution in [3.05, 3.63) is 0 Å². The molecular weight excluding hydrogens is 246 g/mol. The Kier molecular flexibility index (Phi) is 3.97. The number of ether oxygens (including phenoxy) is 2. The highest BCUT2D eigenvalue weighted by Crippen LogP contribution is 2.63. The van der Waals surface area contributed by atoms with Crippen LogP contribution in [0.2, 0.25) is 0 Å². The average Bonchev–Trinajstić information content (AvgIpc) is 2.80. The second-order valence-electron chi connectivity index (χ2n) is 5.73. The highest BCUT2D eigenvalue weighted by molar-refractivity contribution is 6.10. The molecule has 2 atom stereocenters. The number of piperidine rings is 1. The number of hydrogen-bond acceptors (Lipinski definition) is 4. The Labute approximate surface area is 114 Å². The Hall–Kier alpha value is -0.940. The number of imide groups is 1. The van der Waals surface area contributed by atoms with Gasteiger partial charge >= 0.3 is 0 Å². The molecule has 0 aromatic rings. The molecule has 2 fully saturated rings. The maximum absolute atomic E-state index is 12.1. The van der Waals surface area contributed by atoms with E-state index in [1.54, 1.807) is 0 Å². The van der Waals surface area contributed by atoms with E-state index in [4.69, 9.17) is 9.47 Å². The Morgan fingerprint density at radius 2 is 1.58 bits per heavy atom. The molecule has 1 heterocycles. The molecule has 19 heavy (non-hydrogen) atoms. The molecule has 2 aliphatic rings. The monoisotopic (exact) mass is 269 g/mol. The van der Waals surface area contributed by atoms with Crippen molar-refractivity contribution in [1.29, 1.82) is 0 Å². The van der Waals surface area contributed by atoms with Crippen molar-refractivity contribution in [2.45, 2.75) is 40.4 Å². The molecule has 5 heteroatoms. The van der Waals surface area contributed by atoms with Crippen LogP contribution in [0.25, 0.3) is 0 Å².